The number of anilines is 1. The molecule has 0 aliphatic carbocycles. The lowest BCUT2D eigenvalue weighted by molar-refractivity contribution is 0.559. The molecule has 2 rings (SSSR count). The molecule has 0 bridgehead atoms. The molecule has 1 saturated heterocycles. The monoisotopic (exact) mass is 317 g/mol. The van der Waals surface area contributed by atoms with Gasteiger partial charge in [0.15, 0.2) is 0 Å². The van der Waals surface area contributed by atoms with Crippen molar-refractivity contribution in [1.29, 1.82) is 0 Å². The van der Waals surface area contributed by atoms with E-state index in [9.17, 15) is 8.42 Å². The van der Waals surface area contributed by atoms with Crippen LogP contribution in [0.2, 0.25) is 0 Å². The maximum Gasteiger partial charge on any atom is 0.150 e. The van der Waals surface area contributed by atoms with E-state index < -0.39 is 9.84 Å². The first-order valence-corrected chi connectivity index (χ1v) is 8.31. The highest BCUT2D eigenvalue weighted by Crippen LogP contribution is 2.24. The minimum atomic E-state index is -2.78. The van der Waals surface area contributed by atoms with Gasteiger partial charge in [-0.1, -0.05) is 22.0 Å². The average molecular weight is 318 g/mol. The molecule has 3 nitrogen and oxygen atoms in total. The summed E-state index contributed by atoms with van der Waals surface area (Å²) in [6.45, 7) is 2.05. The number of halogens is 1. The van der Waals surface area contributed by atoms with Crippen LogP contribution in [0.5, 0.6) is 0 Å². The summed E-state index contributed by atoms with van der Waals surface area (Å²) >= 11 is 3.44. The van der Waals surface area contributed by atoms with Gasteiger partial charge >= 0.3 is 0 Å². The van der Waals surface area contributed by atoms with Gasteiger partial charge in [0.05, 0.1) is 11.5 Å². The molecule has 17 heavy (non-hydrogen) atoms. The Labute approximate surface area is 111 Å². The van der Waals surface area contributed by atoms with E-state index >= 15 is 0 Å². The molecule has 94 valence electrons. The molecule has 1 aliphatic heterocycles. The molecule has 0 unspecified atom stereocenters. The van der Waals surface area contributed by atoms with Gasteiger partial charge in [0, 0.05) is 16.2 Å². The SMILES string of the molecule is Cc1ccc(Br)cc1NC1CCS(=O)(=O)CC1. The number of benzene rings is 1. The highest BCUT2D eigenvalue weighted by molar-refractivity contribution is 9.10. The number of hydrogen-bond donors (Lipinski definition) is 1. The molecule has 1 N–H and O–H groups in total. The fraction of sp³-hybridized carbons (Fsp3) is 0.500. The van der Waals surface area contributed by atoms with Crippen LogP contribution in [0.15, 0.2) is 22.7 Å². The van der Waals surface area contributed by atoms with E-state index in [2.05, 4.69) is 21.2 Å². The van der Waals surface area contributed by atoms with Crippen molar-refractivity contribution in [2.24, 2.45) is 0 Å². The van der Waals surface area contributed by atoms with Crippen molar-refractivity contribution >= 4 is 31.5 Å². The van der Waals surface area contributed by atoms with Gasteiger partial charge in [-0.05, 0) is 37.5 Å². The Morgan fingerprint density at radius 2 is 1.94 bits per heavy atom. The zero-order valence-electron chi connectivity index (χ0n) is 9.74. The third-order valence-electron chi connectivity index (χ3n) is 3.11. The largest absolute Gasteiger partial charge is 0.382 e. The molecule has 1 heterocycles. The second-order valence-corrected chi connectivity index (χ2v) is 7.75. The summed E-state index contributed by atoms with van der Waals surface area (Å²) < 4.78 is 23.7. The first kappa shape index (κ1) is 12.9. The van der Waals surface area contributed by atoms with Crippen molar-refractivity contribution in [3.05, 3.63) is 28.2 Å². The fourth-order valence-corrected chi connectivity index (χ4v) is 3.86. The third-order valence-corrected chi connectivity index (χ3v) is 5.32. The van der Waals surface area contributed by atoms with Gasteiger partial charge in [0.1, 0.15) is 9.84 Å². The van der Waals surface area contributed by atoms with Crippen LogP contribution in [-0.2, 0) is 9.84 Å². The molecular formula is C12H16BrNO2S. The van der Waals surface area contributed by atoms with Gasteiger partial charge < -0.3 is 5.32 Å². The molecule has 0 spiro atoms. The van der Waals surface area contributed by atoms with Crippen molar-refractivity contribution < 1.29 is 8.42 Å². The first-order valence-electron chi connectivity index (χ1n) is 5.69. The molecule has 0 aromatic heterocycles. The predicted molar refractivity (Wildman–Crippen MR) is 74.2 cm³/mol. The number of nitrogens with one attached hydrogen (secondary N) is 1. The second kappa shape index (κ2) is 4.98. The molecule has 1 aromatic carbocycles. The number of rotatable bonds is 2. The zero-order chi connectivity index (χ0) is 12.5. The Balaban J connectivity index is 2.05. The minimum absolute atomic E-state index is 0.270. The molecule has 0 saturated carbocycles. The van der Waals surface area contributed by atoms with Crippen molar-refractivity contribution in [2.45, 2.75) is 25.8 Å². The van der Waals surface area contributed by atoms with Crippen LogP contribution < -0.4 is 5.32 Å². The summed E-state index contributed by atoms with van der Waals surface area (Å²) in [4.78, 5) is 0. The van der Waals surface area contributed by atoms with Crippen molar-refractivity contribution in [3.63, 3.8) is 0 Å². The minimum Gasteiger partial charge on any atom is -0.382 e. The van der Waals surface area contributed by atoms with Crippen molar-refractivity contribution in [2.75, 3.05) is 16.8 Å². The van der Waals surface area contributed by atoms with E-state index in [4.69, 9.17) is 0 Å². The summed E-state index contributed by atoms with van der Waals surface area (Å²) in [5.41, 5.74) is 2.27. The normalized spacial score (nSPS) is 20.1. The Morgan fingerprint density at radius 3 is 2.59 bits per heavy atom. The second-order valence-electron chi connectivity index (χ2n) is 4.53. The van der Waals surface area contributed by atoms with Gasteiger partial charge in [0.2, 0.25) is 0 Å². The average Bonchev–Trinajstić information content (AvgIpc) is 2.26. The molecule has 5 heteroatoms. The lowest BCUT2D eigenvalue weighted by Crippen LogP contribution is -2.32. The quantitative estimate of drug-likeness (QED) is 0.912. The van der Waals surface area contributed by atoms with Gasteiger partial charge in [-0.15, -0.1) is 0 Å². The zero-order valence-corrected chi connectivity index (χ0v) is 12.1. The van der Waals surface area contributed by atoms with Crippen molar-refractivity contribution in [3.8, 4) is 0 Å². The molecule has 0 radical (unpaired) electrons. The van der Waals surface area contributed by atoms with Gasteiger partial charge in [0.25, 0.3) is 0 Å². The molecule has 1 aromatic rings. The van der Waals surface area contributed by atoms with Crippen LogP contribution in [0, 0.1) is 6.92 Å². The molecule has 0 amide bonds. The smallest absolute Gasteiger partial charge is 0.150 e. The number of sulfone groups is 1. The van der Waals surface area contributed by atoms with Gasteiger partial charge in [-0.2, -0.15) is 0 Å². The number of hydrogen-bond acceptors (Lipinski definition) is 3. The van der Waals surface area contributed by atoms with Crippen LogP contribution in [0.1, 0.15) is 18.4 Å². The maximum absolute atomic E-state index is 11.3. The molecular weight excluding hydrogens is 302 g/mol. The van der Waals surface area contributed by atoms with E-state index in [1.165, 1.54) is 5.56 Å². The Hall–Kier alpha value is -0.550. The lowest BCUT2D eigenvalue weighted by atomic mass is 10.1. The highest BCUT2D eigenvalue weighted by atomic mass is 79.9. The maximum atomic E-state index is 11.3. The van der Waals surface area contributed by atoms with Crippen LogP contribution >= 0.6 is 15.9 Å². The topological polar surface area (TPSA) is 46.2 Å². The summed E-state index contributed by atoms with van der Waals surface area (Å²) in [5, 5.41) is 3.43. The summed E-state index contributed by atoms with van der Waals surface area (Å²) in [7, 11) is -2.78. The fourth-order valence-electron chi connectivity index (χ4n) is 2.00. The Bertz CT molecular complexity index is 499. The van der Waals surface area contributed by atoms with E-state index in [-0.39, 0.29) is 6.04 Å². The third kappa shape index (κ3) is 3.45. The standard InChI is InChI=1S/C12H16BrNO2S/c1-9-2-3-10(13)8-12(9)14-11-4-6-17(15,16)7-5-11/h2-3,8,11,14H,4-7H2,1H3. The molecule has 1 aliphatic rings. The molecule has 0 atom stereocenters. The van der Waals surface area contributed by atoms with E-state index in [1.807, 2.05) is 25.1 Å². The van der Waals surface area contributed by atoms with E-state index in [1.54, 1.807) is 0 Å². The van der Waals surface area contributed by atoms with Gasteiger partial charge in [-0.3, -0.25) is 0 Å². The first-order chi connectivity index (χ1) is 7.96. The molecule has 1 fully saturated rings. The Morgan fingerprint density at radius 1 is 1.29 bits per heavy atom. The van der Waals surface area contributed by atoms with Crippen LogP contribution in [-0.4, -0.2) is 26.0 Å². The summed E-state index contributed by atoms with van der Waals surface area (Å²) in [5.74, 6) is 0.607. The van der Waals surface area contributed by atoms with E-state index in [0.717, 1.165) is 10.2 Å². The predicted octanol–water partition coefficient (Wildman–Crippen LogP) is 2.75. The van der Waals surface area contributed by atoms with Gasteiger partial charge in [-0.25, -0.2) is 8.42 Å². The summed E-state index contributed by atoms with van der Waals surface area (Å²) in [6.07, 6.45) is 1.41. The Kier molecular flexibility index (Phi) is 3.78. The van der Waals surface area contributed by atoms with E-state index in [0.29, 0.717) is 24.3 Å². The highest BCUT2D eigenvalue weighted by Gasteiger charge is 2.23. The summed E-state index contributed by atoms with van der Waals surface area (Å²) in [6, 6.07) is 6.36. The van der Waals surface area contributed by atoms with Crippen LogP contribution in [0.25, 0.3) is 0 Å². The number of aryl methyl sites for hydroxylation is 1. The van der Waals surface area contributed by atoms with Crippen LogP contribution in [0.4, 0.5) is 5.69 Å². The lowest BCUT2D eigenvalue weighted by Gasteiger charge is -2.25. The van der Waals surface area contributed by atoms with Crippen molar-refractivity contribution in [1.82, 2.24) is 0 Å². The van der Waals surface area contributed by atoms with Crippen LogP contribution in [0.3, 0.4) is 0 Å².